The minimum absolute atomic E-state index is 0.147. The highest BCUT2D eigenvalue weighted by molar-refractivity contribution is 6.18. The topological polar surface area (TPSA) is 78.8 Å². The van der Waals surface area contributed by atoms with Crippen LogP contribution in [0.4, 0.5) is 0 Å². The number of benzene rings is 1. The normalized spacial score (nSPS) is 11.4. The number of methoxy groups -OCH3 is 2. The van der Waals surface area contributed by atoms with Crippen LogP contribution in [-0.2, 0) is 9.53 Å². The van der Waals surface area contributed by atoms with Gasteiger partial charge in [-0.1, -0.05) is 12.1 Å². The maximum Gasteiger partial charge on any atom is 0.268 e. The average molecular weight is 400 g/mol. The molecule has 1 amide bonds. The molecule has 0 aliphatic rings. The van der Waals surface area contributed by atoms with Crippen LogP contribution in [0.3, 0.4) is 0 Å². The Kier molecular flexibility index (Phi) is 8.48. The average Bonchev–Trinajstić information content (AvgIpc) is 2.71. The molecule has 29 heavy (non-hydrogen) atoms. The monoisotopic (exact) mass is 400 g/mol. The summed E-state index contributed by atoms with van der Waals surface area (Å²) in [6.45, 7) is 4.92. The van der Waals surface area contributed by atoms with Crippen LogP contribution in [0.2, 0.25) is 0 Å². The molecule has 0 radical (unpaired) electrons. The first-order valence-electron chi connectivity index (χ1n) is 9.48. The summed E-state index contributed by atoms with van der Waals surface area (Å²) in [5.74, 6) is 0.766. The van der Waals surface area contributed by atoms with Crippen molar-refractivity contribution in [3.63, 3.8) is 0 Å². The van der Waals surface area contributed by atoms with Crippen molar-refractivity contribution in [2.45, 2.75) is 26.4 Å². The van der Waals surface area contributed by atoms with Gasteiger partial charge >= 0.3 is 0 Å². The van der Waals surface area contributed by atoms with E-state index < -0.39 is 0 Å². The molecule has 2 rings (SSSR count). The number of aromatic nitrogens is 1. The summed E-state index contributed by atoms with van der Waals surface area (Å²) >= 11 is 0. The molecule has 0 unspecified atom stereocenters. The molecule has 7 heteroatoms. The Hall–Kier alpha value is -3.06. The Labute approximate surface area is 170 Å². The van der Waals surface area contributed by atoms with Gasteiger partial charge in [0.25, 0.3) is 11.5 Å². The van der Waals surface area contributed by atoms with E-state index in [0.29, 0.717) is 36.6 Å². The molecule has 1 heterocycles. The highest BCUT2D eigenvalue weighted by Crippen LogP contribution is 2.28. The summed E-state index contributed by atoms with van der Waals surface area (Å²) < 4.78 is 17.4. The van der Waals surface area contributed by atoms with Crippen molar-refractivity contribution in [3.05, 3.63) is 58.5 Å². The Morgan fingerprint density at radius 2 is 1.90 bits per heavy atom. The van der Waals surface area contributed by atoms with Crippen LogP contribution in [0, 0.1) is 0 Å². The van der Waals surface area contributed by atoms with E-state index in [1.54, 1.807) is 56.8 Å². The predicted molar refractivity (Wildman–Crippen MR) is 113 cm³/mol. The number of carbonyl (C=O) groups excluding carboxylic acids is 1. The van der Waals surface area contributed by atoms with Gasteiger partial charge in [0.1, 0.15) is 5.70 Å². The number of hydrogen-bond donors (Lipinski definition) is 1. The van der Waals surface area contributed by atoms with Gasteiger partial charge in [-0.15, -0.1) is 0 Å². The quantitative estimate of drug-likeness (QED) is 0.490. The lowest BCUT2D eigenvalue weighted by molar-refractivity contribution is -0.116. The highest BCUT2D eigenvalue weighted by atomic mass is 16.5. The van der Waals surface area contributed by atoms with Gasteiger partial charge in [0.05, 0.1) is 20.3 Å². The standard InChI is InChI=1S/C22H28N2O5/c1-16(2)29-13-7-11-23-22(26)18(24-12-6-5-8-21(24)25)14-17-9-10-19(27-3)20(15-17)28-4/h5-6,8-10,12,14-16H,7,11,13H2,1-4H3,(H,23,26)/b18-14+. The smallest absolute Gasteiger partial charge is 0.268 e. The fraction of sp³-hybridized carbons (Fsp3) is 0.364. The molecule has 156 valence electrons. The molecule has 0 atom stereocenters. The largest absolute Gasteiger partial charge is 0.493 e. The predicted octanol–water partition coefficient (Wildman–Crippen LogP) is 2.79. The fourth-order valence-electron chi connectivity index (χ4n) is 2.66. The minimum atomic E-state index is -0.349. The van der Waals surface area contributed by atoms with Crippen molar-refractivity contribution in [3.8, 4) is 11.5 Å². The molecule has 0 spiro atoms. The van der Waals surface area contributed by atoms with E-state index in [0.717, 1.165) is 0 Å². The number of nitrogens with zero attached hydrogens (tertiary/aromatic N) is 1. The zero-order chi connectivity index (χ0) is 21.2. The molecule has 0 bridgehead atoms. The van der Waals surface area contributed by atoms with E-state index in [1.807, 2.05) is 13.8 Å². The lowest BCUT2D eigenvalue weighted by Gasteiger charge is -2.13. The lowest BCUT2D eigenvalue weighted by Crippen LogP contribution is -2.31. The van der Waals surface area contributed by atoms with E-state index in [2.05, 4.69) is 5.32 Å². The van der Waals surface area contributed by atoms with Gasteiger partial charge in [-0.3, -0.25) is 14.2 Å². The summed E-state index contributed by atoms with van der Waals surface area (Å²) in [5, 5.41) is 2.85. The van der Waals surface area contributed by atoms with Gasteiger partial charge in [0, 0.05) is 25.4 Å². The Balaban J connectivity index is 2.29. The van der Waals surface area contributed by atoms with Crippen LogP contribution in [-0.4, -0.2) is 43.9 Å². The first-order chi connectivity index (χ1) is 14.0. The third-order valence-electron chi connectivity index (χ3n) is 4.08. The number of pyridine rings is 1. The summed E-state index contributed by atoms with van der Waals surface area (Å²) in [7, 11) is 3.10. The third-order valence-corrected chi connectivity index (χ3v) is 4.08. The second-order valence-electron chi connectivity index (χ2n) is 6.58. The SMILES string of the molecule is COc1ccc(/C=C(\C(=O)NCCCOC(C)C)n2ccccc2=O)cc1OC. The molecule has 0 aliphatic heterocycles. The van der Waals surface area contributed by atoms with Gasteiger partial charge < -0.3 is 19.5 Å². The zero-order valence-electron chi connectivity index (χ0n) is 17.3. The summed E-state index contributed by atoms with van der Waals surface area (Å²) in [5.41, 5.74) is 0.622. The molecule has 0 aliphatic carbocycles. The van der Waals surface area contributed by atoms with Gasteiger partial charge in [-0.25, -0.2) is 0 Å². The molecule has 0 saturated heterocycles. The van der Waals surface area contributed by atoms with E-state index >= 15 is 0 Å². The number of nitrogens with one attached hydrogen (secondary N) is 1. The Bertz CT molecular complexity index is 902. The van der Waals surface area contributed by atoms with Gasteiger partial charge in [-0.2, -0.15) is 0 Å². The van der Waals surface area contributed by atoms with Crippen molar-refractivity contribution >= 4 is 17.7 Å². The highest BCUT2D eigenvalue weighted by Gasteiger charge is 2.14. The summed E-state index contributed by atoms with van der Waals surface area (Å²) in [4.78, 5) is 25.1. The van der Waals surface area contributed by atoms with E-state index in [9.17, 15) is 9.59 Å². The molecule has 1 N–H and O–H groups in total. The second kappa shape index (κ2) is 11.1. The van der Waals surface area contributed by atoms with E-state index in [1.165, 1.54) is 10.6 Å². The van der Waals surface area contributed by atoms with Gasteiger partial charge in [-0.05, 0) is 50.1 Å². The maximum atomic E-state index is 12.8. The molecular formula is C22H28N2O5. The molecule has 1 aromatic carbocycles. The fourth-order valence-corrected chi connectivity index (χ4v) is 2.66. The molecule has 1 aromatic heterocycles. The Morgan fingerprint density at radius 1 is 1.14 bits per heavy atom. The number of rotatable bonds is 10. The second-order valence-corrected chi connectivity index (χ2v) is 6.58. The van der Waals surface area contributed by atoms with Crippen molar-refractivity contribution < 1.29 is 19.0 Å². The minimum Gasteiger partial charge on any atom is -0.493 e. The summed E-state index contributed by atoms with van der Waals surface area (Å²) in [6.07, 6.45) is 4.03. The van der Waals surface area contributed by atoms with Crippen LogP contribution in [0.1, 0.15) is 25.8 Å². The third kappa shape index (κ3) is 6.50. The van der Waals surface area contributed by atoms with Gasteiger partial charge in [0.15, 0.2) is 11.5 Å². The first kappa shape index (κ1) is 22.2. The Morgan fingerprint density at radius 3 is 2.55 bits per heavy atom. The number of amides is 1. The van der Waals surface area contributed by atoms with Crippen molar-refractivity contribution in [1.82, 2.24) is 9.88 Å². The number of ether oxygens (including phenoxy) is 3. The van der Waals surface area contributed by atoms with Crippen molar-refractivity contribution in [2.24, 2.45) is 0 Å². The van der Waals surface area contributed by atoms with E-state index in [4.69, 9.17) is 14.2 Å². The molecule has 2 aromatic rings. The van der Waals surface area contributed by atoms with Crippen molar-refractivity contribution in [2.75, 3.05) is 27.4 Å². The summed E-state index contributed by atoms with van der Waals surface area (Å²) in [6, 6.07) is 10.0. The van der Waals surface area contributed by atoms with Crippen LogP contribution >= 0.6 is 0 Å². The number of hydrogen-bond acceptors (Lipinski definition) is 5. The van der Waals surface area contributed by atoms with Crippen LogP contribution < -0.4 is 20.3 Å². The molecule has 0 saturated carbocycles. The van der Waals surface area contributed by atoms with Crippen molar-refractivity contribution in [1.29, 1.82) is 0 Å². The molecular weight excluding hydrogens is 372 g/mol. The molecule has 7 nitrogen and oxygen atoms in total. The maximum absolute atomic E-state index is 12.8. The van der Waals surface area contributed by atoms with Crippen LogP contribution in [0.25, 0.3) is 11.8 Å². The molecule has 0 fully saturated rings. The number of carbonyl (C=O) groups is 1. The first-order valence-corrected chi connectivity index (χ1v) is 9.48. The van der Waals surface area contributed by atoms with Crippen LogP contribution in [0.5, 0.6) is 11.5 Å². The lowest BCUT2D eigenvalue weighted by atomic mass is 10.1. The zero-order valence-corrected chi connectivity index (χ0v) is 17.3. The van der Waals surface area contributed by atoms with Crippen LogP contribution in [0.15, 0.2) is 47.4 Å². The van der Waals surface area contributed by atoms with E-state index in [-0.39, 0.29) is 23.3 Å². The van der Waals surface area contributed by atoms with Gasteiger partial charge in [0.2, 0.25) is 0 Å².